The molecular formula is C19H38N4. The number of rotatable bonds is 6. The first-order valence-electron chi connectivity index (χ1n) is 9.96. The molecule has 0 aromatic heterocycles. The van der Waals surface area contributed by atoms with Gasteiger partial charge in [-0.15, -0.1) is 0 Å². The van der Waals surface area contributed by atoms with E-state index in [4.69, 9.17) is 0 Å². The summed E-state index contributed by atoms with van der Waals surface area (Å²) in [6, 6.07) is 2.10. The zero-order valence-corrected chi connectivity index (χ0v) is 15.8. The maximum absolute atomic E-state index is 3.76. The van der Waals surface area contributed by atoms with Gasteiger partial charge in [0.1, 0.15) is 0 Å². The Morgan fingerprint density at radius 3 is 2.43 bits per heavy atom. The van der Waals surface area contributed by atoms with Crippen molar-refractivity contribution in [1.29, 1.82) is 0 Å². The fraction of sp³-hybridized carbons (Fsp3) is 1.00. The highest BCUT2D eigenvalue weighted by molar-refractivity contribution is 5.07. The van der Waals surface area contributed by atoms with Crippen LogP contribution in [0.5, 0.6) is 0 Å². The Bertz CT molecular complexity index is 380. The maximum atomic E-state index is 3.76. The van der Waals surface area contributed by atoms with Gasteiger partial charge in [0, 0.05) is 62.9 Å². The van der Waals surface area contributed by atoms with Gasteiger partial charge in [-0.05, 0) is 52.4 Å². The molecule has 2 heterocycles. The molecule has 4 nitrogen and oxygen atoms in total. The lowest BCUT2D eigenvalue weighted by Crippen LogP contribution is -2.56. The normalized spacial score (nSPS) is 31.4. The largest absolute Gasteiger partial charge is 0.311 e. The quantitative estimate of drug-likeness (QED) is 0.782. The highest BCUT2D eigenvalue weighted by atomic mass is 15.3. The molecule has 2 saturated heterocycles. The topological polar surface area (TPSA) is 30.5 Å². The van der Waals surface area contributed by atoms with Crippen molar-refractivity contribution < 1.29 is 0 Å². The lowest BCUT2D eigenvalue weighted by Gasteiger charge is -2.40. The third kappa shape index (κ3) is 4.47. The molecule has 0 radical (unpaired) electrons. The fourth-order valence-corrected chi connectivity index (χ4v) is 4.39. The lowest BCUT2D eigenvalue weighted by atomic mass is 9.92. The van der Waals surface area contributed by atoms with E-state index in [-0.39, 0.29) is 0 Å². The van der Waals surface area contributed by atoms with Crippen LogP contribution >= 0.6 is 0 Å². The van der Waals surface area contributed by atoms with Crippen LogP contribution in [-0.4, -0.2) is 72.7 Å². The van der Waals surface area contributed by atoms with Gasteiger partial charge in [-0.3, -0.25) is 9.80 Å². The Labute approximate surface area is 143 Å². The van der Waals surface area contributed by atoms with E-state index in [0.717, 1.165) is 18.5 Å². The first-order valence-corrected chi connectivity index (χ1v) is 9.96. The SMILES string of the molecule is CC(CC[C@@H](C)N1CCNC2(CC2)C1)C1CN(C(C)C)CCN1. The standard InChI is InChI=1S/C19H38N4/c1-15(2)22-11-9-20-18(13-22)16(3)5-6-17(4)23-12-10-21-19(14-23)7-8-19/h15-18,20-21H,5-14H2,1-4H3/t16?,17-,18?/m1/s1. The van der Waals surface area contributed by atoms with Gasteiger partial charge >= 0.3 is 0 Å². The van der Waals surface area contributed by atoms with Gasteiger partial charge in [-0.25, -0.2) is 0 Å². The van der Waals surface area contributed by atoms with Crippen molar-refractivity contribution in [2.24, 2.45) is 5.92 Å². The first-order chi connectivity index (χ1) is 11.0. The predicted molar refractivity (Wildman–Crippen MR) is 97.9 cm³/mol. The van der Waals surface area contributed by atoms with Crippen molar-refractivity contribution in [3.63, 3.8) is 0 Å². The van der Waals surface area contributed by atoms with Crippen LogP contribution in [0.2, 0.25) is 0 Å². The zero-order chi connectivity index (χ0) is 16.4. The Morgan fingerprint density at radius 2 is 1.74 bits per heavy atom. The van der Waals surface area contributed by atoms with Gasteiger partial charge in [-0.2, -0.15) is 0 Å². The number of piperazine rings is 2. The van der Waals surface area contributed by atoms with Gasteiger partial charge < -0.3 is 10.6 Å². The third-order valence-corrected chi connectivity index (χ3v) is 6.58. The summed E-state index contributed by atoms with van der Waals surface area (Å²) in [7, 11) is 0. The van der Waals surface area contributed by atoms with E-state index in [1.54, 1.807) is 0 Å². The van der Waals surface area contributed by atoms with Gasteiger partial charge in [0.05, 0.1) is 0 Å². The molecule has 1 aliphatic carbocycles. The monoisotopic (exact) mass is 322 g/mol. The Balaban J connectivity index is 1.42. The summed E-state index contributed by atoms with van der Waals surface area (Å²) in [6.45, 7) is 16.9. The average molecular weight is 323 g/mol. The summed E-state index contributed by atoms with van der Waals surface area (Å²) in [5.74, 6) is 0.775. The molecule has 1 saturated carbocycles. The molecule has 1 spiro atoms. The molecular weight excluding hydrogens is 284 g/mol. The molecule has 3 fully saturated rings. The van der Waals surface area contributed by atoms with E-state index in [0.29, 0.717) is 17.6 Å². The van der Waals surface area contributed by atoms with Crippen LogP contribution in [0.1, 0.15) is 53.4 Å². The maximum Gasteiger partial charge on any atom is 0.0310 e. The van der Waals surface area contributed by atoms with E-state index in [9.17, 15) is 0 Å². The molecule has 2 unspecified atom stereocenters. The predicted octanol–water partition coefficient (Wildman–Crippen LogP) is 1.91. The minimum atomic E-state index is 0.515. The Morgan fingerprint density at radius 1 is 1.00 bits per heavy atom. The molecule has 0 aromatic carbocycles. The first kappa shape index (κ1) is 17.7. The molecule has 0 bridgehead atoms. The molecule has 2 N–H and O–H groups in total. The van der Waals surface area contributed by atoms with Gasteiger partial charge in [0.2, 0.25) is 0 Å². The molecule has 3 rings (SSSR count). The highest BCUT2D eigenvalue weighted by Crippen LogP contribution is 2.38. The van der Waals surface area contributed by atoms with Crippen molar-refractivity contribution in [3.05, 3.63) is 0 Å². The average Bonchev–Trinajstić information content (AvgIpc) is 3.30. The van der Waals surface area contributed by atoms with Crippen LogP contribution in [0.15, 0.2) is 0 Å². The molecule has 3 atom stereocenters. The van der Waals surface area contributed by atoms with Crippen LogP contribution < -0.4 is 10.6 Å². The lowest BCUT2D eigenvalue weighted by molar-refractivity contribution is 0.117. The second kappa shape index (κ2) is 7.38. The number of nitrogens with one attached hydrogen (secondary N) is 2. The molecule has 23 heavy (non-hydrogen) atoms. The van der Waals surface area contributed by atoms with Crippen molar-refractivity contribution >= 4 is 0 Å². The Hall–Kier alpha value is -0.160. The molecule has 134 valence electrons. The fourth-order valence-electron chi connectivity index (χ4n) is 4.39. The summed E-state index contributed by atoms with van der Waals surface area (Å²) in [5, 5.41) is 7.49. The van der Waals surface area contributed by atoms with E-state index >= 15 is 0 Å². The minimum absolute atomic E-state index is 0.515. The van der Waals surface area contributed by atoms with Crippen LogP contribution in [0.25, 0.3) is 0 Å². The zero-order valence-electron chi connectivity index (χ0n) is 15.8. The minimum Gasteiger partial charge on any atom is -0.311 e. The van der Waals surface area contributed by atoms with Crippen LogP contribution in [0.4, 0.5) is 0 Å². The second-order valence-corrected chi connectivity index (χ2v) is 8.73. The molecule has 2 aliphatic heterocycles. The van der Waals surface area contributed by atoms with Gasteiger partial charge in [0.15, 0.2) is 0 Å². The van der Waals surface area contributed by atoms with Crippen LogP contribution in [0, 0.1) is 5.92 Å². The number of nitrogens with zero attached hydrogens (tertiary/aromatic N) is 2. The van der Waals surface area contributed by atoms with E-state index in [2.05, 4.69) is 48.1 Å². The summed E-state index contributed by atoms with van der Waals surface area (Å²) in [4.78, 5) is 5.37. The number of hydrogen-bond donors (Lipinski definition) is 2. The van der Waals surface area contributed by atoms with Crippen LogP contribution in [0.3, 0.4) is 0 Å². The third-order valence-electron chi connectivity index (χ3n) is 6.58. The smallest absolute Gasteiger partial charge is 0.0310 e. The summed E-state index contributed by atoms with van der Waals surface area (Å²) < 4.78 is 0. The van der Waals surface area contributed by atoms with Crippen molar-refractivity contribution in [3.8, 4) is 0 Å². The number of hydrogen-bond acceptors (Lipinski definition) is 4. The molecule has 0 aromatic rings. The van der Waals surface area contributed by atoms with E-state index < -0.39 is 0 Å². The van der Waals surface area contributed by atoms with Gasteiger partial charge in [-0.1, -0.05) is 6.92 Å². The van der Waals surface area contributed by atoms with E-state index in [1.807, 2.05) is 0 Å². The summed E-state index contributed by atoms with van der Waals surface area (Å²) in [6.07, 6.45) is 5.48. The molecule has 4 heteroatoms. The highest BCUT2D eigenvalue weighted by Gasteiger charge is 2.46. The molecule has 3 aliphatic rings. The van der Waals surface area contributed by atoms with Gasteiger partial charge in [0.25, 0.3) is 0 Å². The van der Waals surface area contributed by atoms with Crippen molar-refractivity contribution in [2.75, 3.05) is 39.3 Å². The second-order valence-electron chi connectivity index (χ2n) is 8.73. The van der Waals surface area contributed by atoms with Crippen molar-refractivity contribution in [2.45, 2.75) is 77.0 Å². The summed E-state index contributed by atoms with van der Waals surface area (Å²) >= 11 is 0. The Kier molecular flexibility index (Phi) is 5.67. The molecule has 0 amide bonds. The van der Waals surface area contributed by atoms with Crippen LogP contribution in [-0.2, 0) is 0 Å². The van der Waals surface area contributed by atoms with Crippen molar-refractivity contribution in [1.82, 2.24) is 20.4 Å². The summed E-state index contributed by atoms with van der Waals surface area (Å²) in [5.41, 5.74) is 0.515. The van der Waals surface area contributed by atoms with E-state index in [1.165, 1.54) is 58.4 Å².